The number of methoxy groups -OCH3 is 1. The van der Waals surface area contributed by atoms with E-state index >= 15 is 0 Å². The van der Waals surface area contributed by atoms with E-state index in [2.05, 4.69) is 0 Å². The van der Waals surface area contributed by atoms with Gasteiger partial charge in [-0.2, -0.15) is 0 Å². The third-order valence-corrected chi connectivity index (χ3v) is 7.56. The number of Topliss-reactive ketones (excluding diaryl/α,β-unsaturated/α-hetero) is 1. The van der Waals surface area contributed by atoms with Crippen molar-refractivity contribution in [3.8, 4) is 11.5 Å². The van der Waals surface area contributed by atoms with Crippen molar-refractivity contribution in [1.29, 1.82) is 0 Å². The van der Waals surface area contributed by atoms with Crippen molar-refractivity contribution >= 4 is 38.2 Å². The van der Waals surface area contributed by atoms with E-state index in [-0.39, 0.29) is 10.7 Å². The molecular weight excluding hydrogens is 513 g/mol. The first-order valence-electron chi connectivity index (χ1n) is 11.4. The fourth-order valence-electron chi connectivity index (χ4n) is 3.59. The van der Waals surface area contributed by atoms with E-state index in [4.69, 9.17) is 14.2 Å². The third kappa shape index (κ3) is 6.09. The first-order chi connectivity index (χ1) is 18.2. The summed E-state index contributed by atoms with van der Waals surface area (Å²) in [5.74, 6) is -0.613. The van der Waals surface area contributed by atoms with Gasteiger partial charge in [0.2, 0.25) is 0 Å². The van der Waals surface area contributed by atoms with Gasteiger partial charge in [-0.25, -0.2) is 17.6 Å². The minimum atomic E-state index is -3.89. The van der Waals surface area contributed by atoms with Crippen LogP contribution in [0.1, 0.15) is 10.4 Å². The smallest absolute Gasteiger partial charge is 0.344 e. The largest absolute Gasteiger partial charge is 0.497 e. The van der Waals surface area contributed by atoms with Crippen LogP contribution in [-0.2, 0) is 19.6 Å². The molecule has 10 heteroatoms. The molecule has 4 aromatic carbocycles. The van der Waals surface area contributed by atoms with E-state index in [0.717, 1.165) is 27.2 Å². The molecule has 4 aromatic rings. The number of ketones is 1. The molecule has 38 heavy (non-hydrogen) atoms. The molecule has 4 rings (SSSR count). The molecule has 0 N–H and O–H groups in total. The van der Waals surface area contributed by atoms with E-state index < -0.39 is 35.0 Å². The van der Waals surface area contributed by atoms with Crippen molar-refractivity contribution in [3.05, 3.63) is 96.3 Å². The summed E-state index contributed by atoms with van der Waals surface area (Å²) in [7, 11) is -0.938. The summed E-state index contributed by atoms with van der Waals surface area (Å²) in [6.07, 6.45) is 0. The number of nitrogens with zero attached hydrogens (tertiary/aromatic N) is 1. The van der Waals surface area contributed by atoms with Crippen LogP contribution < -0.4 is 13.8 Å². The minimum absolute atomic E-state index is 0.0528. The van der Waals surface area contributed by atoms with Gasteiger partial charge in [0.1, 0.15) is 17.3 Å². The third-order valence-electron chi connectivity index (χ3n) is 5.76. The number of halogens is 1. The van der Waals surface area contributed by atoms with Crippen LogP contribution in [0.25, 0.3) is 10.8 Å². The van der Waals surface area contributed by atoms with E-state index in [0.29, 0.717) is 22.7 Å². The maximum absolute atomic E-state index is 13.1. The van der Waals surface area contributed by atoms with Gasteiger partial charge in [-0.15, -0.1) is 0 Å². The van der Waals surface area contributed by atoms with Gasteiger partial charge in [0, 0.05) is 12.6 Å². The molecule has 0 aliphatic heterocycles. The number of hydrogen-bond acceptors (Lipinski definition) is 7. The molecule has 0 spiro atoms. The molecule has 0 unspecified atom stereocenters. The molecular formula is C28H24FNO7S. The van der Waals surface area contributed by atoms with Gasteiger partial charge in [-0.1, -0.05) is 18.2 Å². The van der Waals surface area contributed by atoms with E-state index in [1.807, 2.05) is 12.1 Å². The topological polar surface area (TPSA) is 99.2 Å². The SMILES string of the molecule is COc1ccc2cc(C(=O)COC(=O)COc3ccc(N(C)S(=O)(=O)c4ccc(F)cc4)cc3)ccc2c1. The molecule has 0 bridgehead atoms. The lowest BCUT2D eigenvalue weighted by Crippen LogP contribution is -2.26. The predicted molar refractivity (Wildman–Crippen MR) is 140 cm³/mol. The summed E-state index contributed by atoms with van der Waals surface area (Å²) >= 11 is 0. The molecule has 8 nitrogen and oxygen atoms in total. The number of carbonyl (C=O) groups excluding carboxylic acids is 2. The molecule has 196 valence electrons. The Morgan fingerprint density at radius 2 is 1.45 bits per heavy atom. The van der Waals surface area contributed by atoms with Gasteiger partial charge >= 0.3 is 5.97 Å². The van der Waals surface area contributed by atoms with Crippen LogP contribution in [-0.4, -0.2) is 47.5 Å². The maximum atomic E-state index is 13.1. The molecule has 0 radical (unpaired) electrons. The van der Waals surface area contributed by atoms with Gasteiger partial charge in [-0.3, -0.25) is 9.10 Å². The van der Waals surface area contributed by atoms with Crippen molar-refractivity contribution in [2.45, 2.75) is 4.90 Å². The number of hydrogen-bond donors (Lipinski definition) is 0. The summed E-state index contributed by atoms with van der Waals surface area (Å²) in [5.41, 5.74) is 0.746. The van der Waals surface area contributed by atoms with Crippen LogP contribution in [0.5, 0.6) is 11.5 Å². The van der Waals surface area contributed by atoms with Crippen molar-refractivity contribution in [1.82, 2.24) is 0 Å². The average Bonchev–Trinajstić information content (AvgIpc) is 2.94. The second-order valence-electron chi connectivity index (χ2n) is 8.22. The monoisotopic (exact) mass is 537 g/mol. The summed E-state index contributed by atoms with van der Waals surface area (Å²) in [5, 5.41) is 1.77. The molecule has 0 amide bonds. The Morgan fingerprint density at radius 1 is 0.816 bits per heavy atom. The number of benzene rings is 4. The van der Waals surface area contributed by atoms with Crippen LogP contribution in [0.3, 0.4) is 0 Å². The quantitative estimate of drug-likeness (QED) is 0.215. The fraction of sp³-hybridized carbons (Fsp3) is 0.143. The highest BCUT2D eigenvalue weighted by Crippen LogP contribution is 2.25. The maximum Gasteiger partial charge on any atom is 0.344 e. The molecule has 0 heterocycles. The fourth-order valence-corrected chi connectivity index (χ4v) is 4.79. The van der Waals surface area contributed by atoms with Crippen molar-refractivity contribution in [2.24, 2.45) is 0 Å². The summed E-state index contributed by atoms with van der Waals surface area (Å²) in [6, 6.07) is 21.2. The Bertz CT molecular complexity index is 1570. The normalized spacial score (nSPS) is 11.1. The van der Waals surface area contributed by atoms with Gasteiger partial charge in [0.25, 0.3) is 10.0 Å². The molecule has 0 aromatic heterocycles. The van der Waals surface area contributed by atoms with E-state index in [1.54, 1.807) is 31.4 Å². The predicted octanol–water partition coefficient (Wildman–Crippen LogP) is 4.62. The Balaban J connectivity index is 1.29. The number of sulfonamides is 1. The average molecular weight is 538 g/mol. The Hall–Kier alpha value is -4.44. The molecule has 0 fully saturated rings. The van der Waals surface area contributed by atoms with Crippen molar-refractivity contribution in [3.63, 3.8) is 0 Å². The number of esters is 1. The second kappa shape index (κ2) is 11.3. The minimum Gasteiger partial charge on any atom is -0.497 e. The zero-order chi connectivity index (χ0) is 27.3. The van der Waals surface area contributed by atoms with Crippen molar-refractivity contribution < 1.29 is 36.6 Å². The number of ether oxygens (including phenoxy) is 3. The van der Waals surface area contributed by atoms with Gasteiger partial charge in [0.05, 0.1) is 17.7 Å². The van der Waals surface area contributed by atoms with Crippen LogP contribution in [0, 0.1) is 5.82 Å². The summed E-state index contributed by atoms with van der Waals surface area (Å²) < 4.78 is 55.3. The highest BCUT2D eigenvalue weighted by atomic mass is 32.2. The Labute approximate surface area is 219 Å². The highest BCUT2D eigenvalue weighted by molar-refractivity contribution is 7.92. The summed E-state index contributed by atoms with van der Waals surface area (Å²) in [4.78, 5) is 24.5. The van der Waals surface area contributed by atoms with E-state index in [1.165, 1.54) is 43.4 Å². The standard InChI is InChI=1S/C28H24FNO7S/c1-30(38(33,34)26-13-6-22(29)7-14-26)23-8-11-24(12-9-23)36-18-28(32)37-17-27(31)21-4-3-20-16-25(35-2)10-5-19(20)15-21/h3-16H,17-18H2,1-2H3. The zero-order valence-corrected chi connectivity index (χ0v) is 21.4. The van der Waals surface area contributed by atoms with Gasteiger partial charge in [-0.05, 0) is 77.5 Å². The van der Waals surface area contributed by atoms with E-state index in [9.17, 15) is 22.4 Å². The van der Waals surface area contributed by atoms with Gasteiger partial charge in [0.15, 0.2) is 19.0 Å². The van der Waals surface area contributed by atoms with Crippen molar-refractivity contribution in [2.75, 3.05) is 31.7 Å². The molecule has 0 saturated carbocycles. The lowest BCUT2D eigenvalue weighted by Gasteiger charge is -2.19. The van der Waals surface area contributed by atoms with Crippen LogP contribution in [0.15, 0.2) is 89.8 Å². The molecule has 0 atom stereocenters. The first-order valence-corrected chi connectivity index (χ1v) is 12.9. The number of rotatable bonds is 10. The number of anilines is 1. The molecule has 0 saturated heterocycles. The van der Waals surface area contributed by atoms with Crippen LogP contribution in [0.2, 0.25) is 0 Å². The lowest BCUT2D eigenvalue weighted by atomic mass is 10.0. The zero-order valence-electron chi connectivity index (χ0n) is 20.6. The van der Waals surface area contributed by atoms with Crippen LogP contribution in [0.4, 0.5) is 10.1 Å². The molecule has 0 aliphatic rings. The van der Waals surface area contributed by atoms with Gasteiger partial charge < -0.3 is 14.2 Å². The first kappa shape index (κ1) is 26.6. The Morgan fingerprint density at radius 3 is 2.13 bits per heavy atom. The number of carbonyl (C=O) groups is 2. The highest BCUT2D eigenvalue weighted by Gasteiger charge is 2.21. The second-order valence-corrected chi connectivity index (χ2v) is 10.2. The number of fused-ring (bicyclic) bond motifs is 1. The summed E-state index contributed by atoms with van der Waals surface area (Å²) in [6.45, 7) is -0.872. The van der Waals surface area contributed by atoms with Crippen LogP contribution >= 0.6 is 0 Å². The molecule has 0 aliphatic carbocycles. The lowest BCUT2D eigenvalue weighted by molar-refractivity contribution is -0.144. The Kier molecular flexibility index (Phi) is 7.92.